The van der Waals surface area contributed by atoms with Crippen molar-refractivity contribution in [3.8, 4) is 0 Å². The molecule has 1 heterocycles. The van der Waals surface area contributed by atoms with Gasteiger partial charge in [0.1, 0.15) is 17.2 Å². The Hall–Kier alpha value is -1.26. The summed E-state index contributed by atoms with van der Waals surface area (Å²) in [6.07, 6.45) is 10.1. The molecule has 0 bridgehead atoms. The molecule has 1 aromatic heterocycles. The molecule has 2 rings (SSSR count). The molecule has 0 saturated heterocycles. The van der Waals surface area contributed by atoms with Crippen molar-refractivity contribution in [1.29, 1.82) is 0 Å². The van der Waals surface area contributed by atoms with Gasteiger partial charge in [0.05, 0.1) is 5.69 Å². The first-order chi connectivity index (χ1) is 12.8. The van der Waals surface area contributed by atoms with Gasteiger partial charge in [-0.1, -0.05) is 74.5 Å². The van der Waals surface area contributed by atoms with Crippen LogP contribution in [0, 0.1) is 0 Å². The number of hydrogen-bond donors (Lipinski definition) is 1. The monoisotopic (exact) mass is 391 g/mol. The highest BCUT2D eigenvalue weighted by molar-refractivity contribution is 7.98. The second-order valence-corrected chi connectivity index (χ2v) is 7.91. The number of hydrogen-bond acceptors (Lipinski definition) is 4. The van der Waals surface area contributed by atoms with Gasteiger partial charge in [-0.25, -0.2) is 9.97 Å². The molecule has 1 N–H and O–H groups in total. The third-order valence-electron chi connectivity index (χ3n) is 4.32. The molecule has 0 fully saturated rings. The lowest BCUT2D eigenvalue weighted by molar-refractivity contribution is 0.618. The summed E-state index contributed by atoms with van der Waals surface area (Å²) < 4.78 is 0. The summed E-state index contributed by atoms with van der Waals surface area (Å²) >= 11 is 8.33. The van der Waals surface area contributed by atoms with Crippen LogP contribution < -0.4 is 5.32 Å². The molecule has 0 aliphatic carbocycles. The Morgan fingerprint density at radius 3 is 2.46 bits per heavy atom. The van der Waals surface area contributed by atoms with E-state index in [-0.39, 0.29) is 0 Å². The van der Waals surface area contributed by atoms with Gasteiger partial charge in [0, 0.05) is 12.3 Å². The maximum Gasteiger partial charge on any atom is 0.148 e. The Labute approximate surface area is 167 Å². The standard InChI is InChI=1S/C21H30ClN3S/c1-2-19-20(22)21(25-17-24-19)23-14-10-5-3-4-6-11-15-26-16-18-12-8-7-9-13-18/h7-9,12-13,17H,2-6,10-11,14-16H2,1H3,(H,23,24,25). The van der Waals surface area contributed by atoms with E-state index in [4.69, 9.17) is 11.6 Å². The number of unbranched alkanes of at least 4 members (excludes halogenated alkanes) is 5. The predicted molar refractivity (Wildman–Crippen MR) is 115 cm³/mol. The molecule has 26 heavy (non-hydrogen) atoms. The van der Waals surface area contributed by atoms with Crippen molar-refractivity contribution in [2.45, 2.75) is 57.6 Å². The minimum absolute atomic E-state index is 0.669. The third-order valence-corrected chi connectivity index (χ3v) is 5.83. The molecule has 0 spiro atoms. The minimum Gasteiger partial charge on any atom is -0.369 e. The second-order valence-electron chi connectivity index (χ2n) is 6.42. The molecule has 2 aromatic rings. The third kappa shape index (κ3) is 7.96. The molecular formula is C21H30ClN3S. The van der Waals surface area contributed by atoms with Gasteiger partial charge in [-0.2, -0.15) is 11.8 Å². The molecule has 142 valence electrons. The van der Waals surface area contributed by atoms with Crippen LogP contribution in [0.25, 0.3) is 0 Å². The molecule has 5 heteroatoms. The minimum atomic E-state index is 0.669. The number of nitrogens with zero attached hydrogens (tertiary/aromatic N) is 2. The van der Waals surface area contributed by atoms with E-state index in [1.807, 2.05) is 11.8 Å². The number of thioether (sulfide) groups is 1. The number of rotatable bonds is 13. The van der Waals surface area contributed by atoms with E-state index in [2.05, 4.69) is 52.5 Å². The Morgan fingerprint density at radius 1 is 0.962 bits per heavy atom. The second kappa shape index (κ2) is 13.0. The van der Waals surface area contributed by atoms with Crippen molar-refractivity contribution in [3.63, 3.8) is 0 Å². The van der Waals surface area contributed by atoms with E-state index in [1.54, 1.807) is 6.33 Å². The Bertz CT molecular complexity index is 622. The highest BCUT2D eigenvalue weighted by atomic mass is 35.5. The van der Waals surface area contributed by atoms with Gasteiger partial charge in [-0.05, 0) is 30.6 Å². The van der Waals surface area contributed by atoms with E-state index in [1.165, 1.54) is 43.4 Å². The van der Waals surface area contributed by atoms with E-state index in [9.17, 15) is 0 Å². The van der Waals surface area contributed by atoms with Crippen LogP contribution in [0.1, 0.15) is 56.7 Å². The molecule has 0 amide bonds. The number of halogens is 1. The predicted octanol–water partition coefficient (Wildman–Crippen LogP) is 6.38. The van der Waals surface area contributed by atoms with Crippen molar-refractivity contribution in [1.82, 2.24) is 9.97 Å². The molecule has 1 aromatic carbocycles. The van der Waals surface area contributed by atoms with Crippen molar-refractivity contribution in [2.24, 2.45) is 0 Å². The molecule has 0 aliphatic rings. The quantitative estimate of drug-likeness (QED) is 0.402. The lowest BCUT2D eigenvalue weighted by Crippen LogP contribution is -2.05. The van der Waals surface area contributed by atoms with Gasteiger partial charge in [-0.3, -0.25) is 0 Å². The average Bonchev–Trinajstić information content (AvgIpc) is 2.68. The first-order valence-electron chi connectivity index (χ1n) is 9.66. The van der Waals surface area contributed by atoms with Crippen LogP contribution >= 0.6 is 23.4 Å². The van der Waals surface area contributed by atoms with Crippen LogP contribution in [0.3, 0.4) is 0 Å². The Balaban J connectivity index is 1.43. The topological polar surface area (TPSA) is 37.8 Å². The molecule has 0 unspecified atom stereocenters. The first-order valence-corrected chi connectivity index (χ1v) is 11.2. The maximum absolute atomic E-state index is 6.28. The largest absolute Gasteiger partial charge is 0.369 e. The zero-order chi connectivity index (χ0) is 18.5. The number of nitrogens with one attached hydrogen (secondary N) is 1. The van der Waals surface area contributed by atoms with Gasteiger partial charge in [-0.15, -0.1) is 0 Å². The van der Waals surface area contributed by atoms with Crippen LogP contribution in [0.4, 0.5) is 5.82 Å². The summed E-state index contributed by atoms with van der Waals surface area (Å²) in [6, 6.07) is 10.7. The van der Waals surface area contributed by atoms with E-state index in [0.717, 1.165) is 36.7 Å². The SMILES string of the molecule is CCc1ncnc(NCCCCCCCCSCc2ccccc2)c1Cl. The number of anilines is 1. The van der Waals surface area contributed by atoms with E-state index < -0.39 is 0 Å². The summed E-state index contributed by atoms with van der Waals surface area (Å²) in [5.74, 6) is 3.18. The number of benzene rings is 1. The molecule has 0 aliphatic heterocycles. The summed E-state index contributed by atoms with van der Waals surface area (Å²) in [5.41, 5.74) is 2.34. The fourth-order valence-corrected chi connectivity index (χ4v) is 4.06. The van der Waals surface area contributed by atoms with Crippen molar-refractivity contribution in [2.75, 3.05) is 17.6 Å². The van der Waals surface area contributed by atoms with E-state index in [0.29, 0.717) is 5.02 Å². The van der Waals surface area contributed by atoms with E-state index >= 15 is 0 Å². The lowest BCUT2D eigenvalue weighted by Gasteiger charge is -2.09. The smallest absolute Gasteiger partial charge is 0.148 e. The van der Waals surface area contributed by atoms with Crippen LogP contribution in [0.2, 0.25) is 5.02 Å². The highest BCUT2D eigenvalue weighted by Gasteiger charge is 2.06. The summed E-state index contributed by atoms with van der Waals surface area (Å²) in [4.78, 5) is 8.42. The first kappa shape index (κ1) is 21.0. The maximum atomic E-state index is 6.28. The molecule has 3 nitrogen and oxygen atoms in total. The van der Waals surface area contributed by atoms with Crippen LogP contribution in [0.15, 0.2) is 36.7 Å². The molecular weight excluding hydrogens is 362 g/mol. The fraction of sp³-hybridized carbons (Fsp3) is 0.524. The highest BCUT2D eigenvalue weighted by Crippen LogP contribution is 2.22. The Morgan fingerprint density at radius 2 is 1.69 bits per heavy atom. The molecule has 0 saturated carbocycles. The van der Waals surface area contributed by atoms with Crippen LogP contribution in [0.5, 0.6) is 0 Å². The van der Waals surface area contributed by atoms with Gasteiger partial charge in [0.2, 0.25) is 0 Å². The van der Waals surface area contributed by atoms with Crippen LogP contribution in [-0.4, -0.2) is 22.3 Å². The van der Waals surface area contributed by atoms with Gasteiger partial charge >= 0.3 is 0 Å². The lowest BCUT2D eigenvalue weighted by atomic mass is 10.1. The van der Waals surface area contributed by atoms with Crippen molar-refractivity contribution in [3.05, 3.63) is 52.9 Å². The van der Waals surface area contributed by atoms with Crippen LogP contribution in [-0.2, 0) is 12.2 Å². The van der Waals surface area contributed by atoms with Crippen molar-refractivity contribution < 1.29 is 0 Å². The summed E-state index contributed by atoms with van der Waals surface area (Å²) in [5, 5.41) is 4.01. The summed E-state index contributed by atoms with van der Waals surface area (Å²) in [7, 11) is 0. The van der Waals surface area contributed by atoms with Crippen molar-refractivity contribution >= 4 is 29.2 Å². The number of aromatic nitrogens is 2. The average molecular weight is 392 g/mol. The number of aryl methyl sites for hydroxylation is 1. The zero-order valence-corrected chi connectivity index (χ0v) is 17.3. The molecule has 0 atom stereocenters. The van der Waals surface area contributed by atoms with Gasteiger partial charge in [0.25, 0.3) is 0 Å². The Kier molecular flexibility index (Phi) is 10.5. The summed E-state index contributed by atoms with van der Waals surface area (Å²) in [6.45, 7) is 2.98. The zero-order valence-electron chi connectivity index (χ0n) is 15.7. The van der Waals surface area contributed by atoms with Gasteiger partial charge in [0.15, 0.2) is 0 Å². The fourth-order valence-electron chi connectivity index (χ4n) is 2.78. The normalized spacial score (nSPS) is 10.8. The van der Waals surface area contributed by atoms with Gasteiger partial charge < -0.3 is 5.32 Å². The molecule has 0 radical (unpaired) electrons.